The predicted molar refractivity (Wildman–Crippen MR) is 82.1 cm³/mol. The molecule has 0 bridgehead atoms. The fourth-order valence-corrected chi connectivity index (χ4v) is 3.14. The van der Waals surface area contributed by atoms with Crippen molar-refractivity contribution in [2.45, 2.75) is 26.2 Å². The van der Waals surface area contributed by atoms with Gasteiger partial charge >= 0.3 is 5.97 Å². The molecule has 1 aliphatic carbocycles. The van der Waals surface area contributed by atoms with Gasteiger partial charge in [0.15, 0.2) is 11.2 Å². The molecule has 2 aromatic rings. The van der Waals surface area contributed by atoms with E-state index in [1.54, 1.807) is 31.2 Å². The van der Waals surface area contributed by atoms with E-state index >= 15 is 0 Å². The zero-order valence-corrected chi connectivity index (χ0v) is 12.5. The van der Waals surface area contributed by atoms with Gasteiger partial charge in [-0.05, 0) is 25.0 Å². The largest absolute Gasteiger partial charge is 0.465 e. The van der Waals surface area contributed by atoms with Crippen molar-refractivity contribution in [3.8, 4) is 0 Å². The SMILES string of the molecule is CCOC(=O)C1c2[nH]c3ccccc3c(=O)c2C(=O)CC1C. The van der Waals surface area contributed by atoms with Crippen LogP contribution in [0.15, 0.2) is 29.1 Å². The predicted octanol–water partition coefficient (Wildman–Crippen LogP) is 2.40. The Bertz CT molecular complexity index is 821. The van der Waals surface area contributed by atoms with Gasteiger partial charge in [-0.25, -0.2) is 0 Å². The van der Waals surface area contributed by atoms with Crippen LogP contribution in [0.1, 0.15) is 42.2 Å². The number of carbonyl (C=O) groups excluding carboxylic acids is 2. The number of ketones is 1. The number of fused-ring (bicyclic) bond motifs is 2. The molecular formula is C17H17NO4. The third-order valence-corrected chi connectivity index (χ3v) is 4.14. The third-order valence-electron chi connectivity index (χ3n) is 4.14. The quantitative estimate of drug-likeness (QED) is 0.864. The molecule has 1 aromatic heterocycles. The molecule has 1 heterocycles. The van der Waals surface area contributed by atoms with Gasteiger partial charge in [-0.15, -0.1) is 0 Å². The summed E-state index contributed by atoms with van der Waals surface area (Å²) in [6.45, 7) is 3.83. The van der Waals surface area contributed by atoms with Crippen LogP contribution in [0.5, 0.6) is 0 Å². The Balaban J connectivity index is 2.29. The lowest BCUT2D eigenvalue weighted by molar-refractivity contribution is -0.146. The number of aromatic nitrogens is 1. The van der Waals surface area contributed by atoms with Crippen LogP contribution in [0.2, 0.25) is 0 Å². The standard InChI is InChI=1S/C17H17NO4/c1-3-22-17(21)13-9(2)8-12(19)14-15(13)18-11-7-5-4-6-10(11)16(14)20/h4-7,9,13H,3,8H2,1-2H3,(H,18,20). The fourth-order valence-electron chi connectivity index (χ4n) is 3.14. The van der Waals surface area contributed by atoms with Crippen LogP contribution in [-0.4, -0.2) is 23.3 Å². The lowest BCUT2D eigenvalue weighted by Gasteiger charge is -2.28. The molecule has 2 unspecified atom stereocenters. The normalized spacial score (nSPS) is 20.7. The second-order valence-electron chi connectivity index (χ2n) is 5.62. The minimum Gasteiger partial charge on any atom is -0.465 e. The molecule has 3 rings (SSSR count). The number of esters is 1. The number of rotatable bonds is 2. The van der Waals surface area contributed by atoms with Crippen LogP contribution < -0.4 is 5.43 Å². The summed E-state index contributed by atoms with van der Waals surface area (Å²) >= 11 is 0. The van der Waals surface area contributed by atoms with Crippen molar-refractivity contribution in [2.75, 3.05) is 6.61 Å². The van der Waals surface area contributed by atoms with Crippen molar-refractivity contribution < 1.29 is 14.3 Å². The smallest absolute Gasteiger partial charge is 0.315 e. The summed E-state index contributed by atoms with van der Waals surface area (Å²) in [5.41, 5.74) is 0.818. The molecule has 22 heavy (non-hydrogen) atoms. The van der Waals surface area contributed by atoms with Crippen molar-refractivity contribution in [3.63, 3.8) is 0 Å². The van der Waals surface area contributed by atoms with Crippen molar-refractivity contribution in [3.05, 3.63) is 45.7 Å². The zero-order chi connectivity index (χ0) is 15.9. The molecule has 1 N–H and O–H groups in total. The van der Waals surface area contributed by atoms with Crippen molar-refractivity contribution in [1.29, 1.82) is 0 Å². The average molecular weight is 299 g/mol. The van der Waals surface area contributed by atoms with Crippen molar-refractivity contribution in [1.82, 2.24) is 4.98 Å². The van der Waals surface area contributed by atoms with Crippen LogP contribution in [0, 0.1) is 5.92 Å². The lowest BCUT2D eigenvalue weighted by Crippen LogP contribution is -2.35. The molecule has 0 spiro atoms. The number of benzene rings is 1. The first-order chi connectivity index (χ1) is 10.5. The van der Waals surface area contributed by atoms with Gasteiger partial charge in [0.05, 0.1) is 12.2 Å². The number of aromatic amines is 1. The molecule has 5 heteroatoms. The summed E-state index contributed by atoms with van der Waals surface area (Å²) in [5.74, 6) is -1.41. The van der Waals surface area contributed by atoms with Gasteiger partial charge in [0.2, 0.25) is 0 Å². The summed E-state index contributed by atoms with van der Waals surface area (Å²) in [6.07, 6.45) is 0.178. The van der Waals surface area contributed by atoms with Gasteiger partial charge < -0.3 is 9.72 Å². The van der Waals surface area contributed by atoms with Gasteiger partial charge in [0.25, 0.3) is 0 Å². The van der Waals surface area contributed by atoms with Crippen molar-refractivity contribution in [2.24, 2.45) is 5.92 Å². The number of hydrogen-bond acceptors (Lipinski definition) is 4. The second kappa shape index (κ2) is 5.40. The number of ether oxygens (including phenoxy) is 1. The Labute approximate surface area is 127 Å². The molecule has 0 fully saturated rings. The Morgan fingerprint density at radius 3 is 2.77 bits per heavy atom. The molecule has 5 nitrogen and oxygen atoms in total. The Hall–Kier alpha value is -2.43. The molecule has 0 radical (unpaired) electrons. The van der Waals surface area contributed by atoms with Gasteiger partial charge in [-0.3, -0.25) is 14.4 Å². The number of H-pyrrole nitrogens is 1. The van der Waals surface area contributed by atoms with E-state index in [9.17, 15) is 14.4 Å². The molecule has 0 saturated heterocycles. The third kappa shape index (κ3) is 2.13. The van der Waals surface area contributed by atoms with Gasteiger partial charge in [0.1, 0.15) is 5.92 Å². The molecular weight excluding hydrogens is 282 g/mol. The van der Waals surface area contributed by atoms with E-state index < -0.39 is 11.9 Å². The minimum absolute atomic E-state index is 0.106. The van der Waals surface area contributed by atoms with E-state index in [4.69, 9.17) is 4.74 Å². The van der Waals surface area contributed by atoms with E-state index in [1.807, 2.05) is 6.92 Å². The molecule has 2 atom stereocenters. The summed E-state index contributed by atoms with van der Waals surface area (Å²) in [7, 11) is 0. The monoisotopic (exact) mass is 299 g/mol. The van der Waals surface area contributed by atoms with Crippen LogP contribution in [0.25, 0.3) is 10.9 Å². The average Bonchev–Trinajstić information content (AvgIpc) is 2.47. The van der Waals surface area contributed by atoms with E-state index in [2.05, 4.69) is 4.98 Å². The number of carbonyl (C=O) groups is 2. The fraction of sp³-hybridized carbons (Fsp3) is 0.353. The number of hydrogen-bond donors (Lipinski definition) is 1. The Morgan fingerprint density at radius 1 is 1.32 bits per heavy atom. The highest BCUT2D eigenvalue weighted by Crippen LogP contribution is 2.35. The molecule has 0 aliphatic heterocycles. The van der Waals surface area contributed by atoms with Gasteiger partial charge in [-0.1, -0.05) is 19.1 Å². The topological polar surface area (TPSA) is 76.2 Å². The first-order valence-electron chi connectivity index (χ1n) is 7.39. The van der Waals surface area contributed by atoms with Crippen LogP contribution in [0.4, 0.5) is 0 Å². The number of Topliss-reactive ketones (excluding diaryl/α,β-unsaturated/α-hetero) is 1. The van der Waals surface area contributed by atoms with E-state index in [-0.39, 0.29) is 35.7 Å². The first-order valence-corrected chi connectivity index (χ1v) is 7.39. The van der Waals surface area contributed by atoms with Crippen LogP contribution in [0.3, 0.4) is 0 Å². The highest BCUT2D eigenvalue weighted by Gasteiger charge is 2.39. The molecule has 114 valence electrons. The molecule has 0 saturated carbocycles. The second-order valence-corrected chi connectivity index (χ2v) is 5.62. The summed E-state index contributed by atoms with van der Waals surface area (Å²) < 4.78 is 5.12. The lowest BCUT2D eigenvalue weighted by atomic mass is 9.77. The summed E-state index contributed by atoms with van der Waals surface area (Å²) in [4.78, 5) is 40.3. The van der Waals surface area contributed by atoms with E-state index in [0.29, 0.717) is 16.6 Å². The molecule has 1 aliphatic rings. The van der Waals surface area contributed by atoms with E-state index in [0.717, 1.165) is 0 Å². The van der Waals surface area contributed by atoms with Gasteiger partial charge in [-0.2, -0.15) is 0 Å². The maximum Gasteiger partial charge on any atom is 0.315 e. The maximum atomic E-state index is 12.6. The van der Waals surface area contributed by atoms with Crippen LogP contribution >= 0.6 is 0 Å². The highest BCUT2D eigenvalue weighted by molar-refractivity contribution is 6.03. The molecule has 0 amide bonds. The number of nitrogens with one attached hydrogen (secondary N) is 1. The number of para-hydroxylation sites is 1. The number of pyridine rings is 1. The van der Waals surface area contributed by atoms with E-state index in [1.165, 1.54) is 0 Å². The summed E-state index contributed by atoms with van der Waals surface area (Å²) in [6, 6.07) is 7.00. The van der Waals surface area contributed by atoms with Crippen molar-refractivity contribution >= 4 is 22.7 Å². The van der Waals surface area contributed by atoms with Gasteiger partial charge in [0, 0.05) is 23.0 Å². The first kappa shape index (κ1) is 14.5. The minimum atomic E-state index is -0.607. The Morgan fingerprint density at radius 2 is 2.05 bits per heavy atom. The molecule has 1 aromatic carbocycles. The zero-order valence-electron chi connectivity index (χ0n) is 12.5. The highest BCUT2D eigenvalue weighted by atomic mass is 16.5. The Kier molecular flexibility index (Phi) is 3.56. The summed E-state index contributed by atoms with van der Waals surface area (Å²) in [5, 5.41) is 0.465. The maximum absolute atomic E-state index is 12.6. The van der Waals surface area contributed by atoms with Crippen LogP contribution in [-0.2, 0) is 9.53 Å².